The minimum atomic E-state index is -0.402. The molecule has 0 aliphatic carbocycles. The summed E-state index contributed by atoms with van der Waals surface area (Å²) >= 11 is 8.09. The van der Waals surface area contributed by atoms with Gasteiger partial charge in [0.2, 0.25) is 0 Å². The lowest BCUT2D eigenvalue weighted by molar-refractivity contribution is 0.262. The van der Waals surface area contributed by atoms with Gasteiger partial charge in [0.25, 0.3) is 0 Å². The van der Waals surface area contributed by atoms with Crippen LogP contribution >= 0.6 is 34.2 Å². The lowest BCUT2D eigenvalue weighted by atomic mass is 10.2. The van der Waals surface area contributed by atoms with Crippen molar-refractivity contribution in [1.29, 1.82) is 0 Å². The number of nitrogens with one attached hydrogen (secondary N) is 3. The van der Waals surface area contributed by atoms with Crippen LogP contribution in [0.2, 0.25) is 5.15 Å². The number of pyridine rings is 1. The molecule has 6 nitrogen and oxygen atoms in total. The molecule has 0 saturated carbocycles. The molecule has 3 N–H and O–H groups in total. The van der Waals surface area contributed by atoms with E-state index in [9.17, 15) is 4.79 Å². The number of hydrogen-bond donors (Lipinski definition) is 3. The van der Waals surface area contributed by atoms with Crippen molar-refractivity contribution in [2.75, 3.05) is 10.6 Å². The highest BCUT2D eigenvalue weighted by atomic mass is 127. The summed E-state index contributed by atoms with van der Waals surface area (Å²) in [6.45, 7) is 1.84. The molecule has 0 fully saturated rings. The molecule has 3 aromatic rings. The van der Waals surface area contributed by atoms with Gasteiger partial charge in [0.05, 0.1) is 5.69 Å². The van der Waals surface area contributed by atoms with E-state index in [1.807, 2.05) is 31.2 Å². The Hall–Kier alpha value is -2.13. The van der Waals surface area contributed by atoms with Gasteiger partial charge >= 0.3 is 6.03 Å². The van der Waals surface area contributed by atoms with Crippen LogP contribution in [0, 0.1) is 10.5 Å². The standard InChI is InChI=1S/C16H13ClIN5O/c1-9-8-19-14(17)6-12(9)20-16(24)21-15-7-13(22-23-15)10-2-4-11(18)5-3-10/h2-8H,1H3,(H3,19,20,21,22,23,24). The Morgan fingerprint density at radius 1 is 1.21 bits per heavy atom. The molecule has 0 atom stereocenters. The topological polar surface area (TPSA) is 82.7 Å². The van der Waals surface area contributed by atoms with Crippen molar-refractivity contribution < 1.29 is 4.79 Å². The van der Waals surface area contributed by atoms with Gasteiger partial charge in [-0.1, -0.05) is 23.7 Å². The number of aromatic amines is 1. The number of aromatic nitrogens is 3. The summed E-state index contributed by atoms with van der Waals surface area (Å²) in [5.41, 5.74) is 3.23. The first-order chi connectivity index (χ1) is 11.5. The monoisotopic (exact) mass is 453 g/mol. The van der Waals surface area contributed by atoms with E-state index in [1.54, 1.807) is 18.3 Å². The van der Waals surface area contributed by atoms with Crippen LogP contribution < -0.4 is 10.6 Å². The molecule has 2 amide bonds. The van der Waals surface area contributed by atoms with Gasteiger partial charge in [-0.2, -0.15) is 5.10 Å². The van der Waals surface area contributed by atoms with Gasteiger partial charge in [0.15, 0.2) is 5.82 Å². The third kappa shape index (κ3) is 4.04. The first-order valence-corrected chi connectivity index (χ1v) is 8.48. The number of anilines is 2. The number of aryl methyl sites for hydroxylation is 1. The maximum absolute atomic E-state index is 12.1. The first kappa shape index (κ1) is 16.7. The molecule has 8 heteroatoms. The number of hydrogen-bond acceptors (Lipinski definition) is 3. The molecule has 0 saturated heterocycles. The Labute approximate surface area is 157 Å². The third-order valence-corrected chi connectivity index (χ3v) is 4.22. The second-order valence-corrected chi connectivity index (χ2v) is 6.71. The predicted octanol–water partition coefficient (Wildman–Crippen LogP) is 4.68. The molecule has 0 bridgehead atoms. The lowest BCUT2D eigenvalue weighted by Crippen LogP contribution is -2.20. The fourth-order valence-corrected chi connectivity index (χ4v) is 2.58. The highest BCUT2D eigenvalue weighted by Gasteiger charge is 2.09. The van der Waals surface area contributed by atoms with E-state index < -0.39 is 6.03 Å². The Morgan fingerprint density at radius 3 is 2.71 bits per heavy atom. The van der Waals surface area contributed by atoms with E-state index in [2.05, 4.69) is 48.4 Å². The average Bonchev–Trinajstić information content (AvgIpc) is 3.00. The number of benzene rings is 1. The van der Waals surface area contributed by atoms with Crippen LogP contribution in [0.15, 0.2) is 42.6 Å². The van der Waals surface area contributed by atoms with E-state index in [-0.39, 0.29) is 0 Å². The number of carbonyl (C=O) groups is 1. The minimum absolute atomic E-state index is 0.316. The van der Waals surface area contributed by atoms with Crippen molar-refractivity contribution in [2.45, 2.75) is 6.92 Å². The van der Waals surface area contributed by atoms with Crippen LogP contribution in [0.3, 0.4) is 0 Å². The summed E-state index contributed by atoms with van der Waals surface area (Å²) in [6.07, 6.45) is 1.60. The van der Waals surface area contributed by atoms with E-state index >= 15 is 0 Å². The maximum atomic E-state index is 12.1. The van der Waals surface area contributed by atoms with Gasteiger partial charge in [-0.15, -0.1) is 0 Å². The van der Waals surface area contributed by atoms with E-state index in [1.165, 1.54) is 0 Å². The predicted molar refractivity (Wildman–Crippen MR) is 103 cm³/mol. The number of nitrogens with zero attached hydrogens (tertiary/aromatic N) is 2. The molecule has 0 radical (unpaired) electrons. The largest absolute Gasteiger partial charge is 0.324 e. The van der Waals surface area contributed by atoms with E-state index in [4.69, 9.17) is 11.6 Å². The summed E-state index contributed by atoms with van der Waals surface area (Å²) in [7, 11) is 0. The Bertz CT molecular complexity index is 878. The summed E-state index contributed by atoms with van der Waals surface area (Å²) in [5, 5.41) is 12.7. The Balaban J connectivity index is 1.69. The molecule has 0 aliphatic rings. The quantitative estimate of drug-likeness (QED) is 0.398. The molecule has 24 heavy (non-hydrogen) atoms. The fraction of sp³-hybridized carbons (Fsp3) is 0.0625. The van der Waals surface area contributed by atoms with Gasteiger partial charge in [-0.3, -0.25) is 10.4 Å². The van der Waals surface area contributed by atoms with Crippen LogP contribution in [0.5, 0.6) is 0 Å². The zero-order valence-corrected chi connectivity index (χ0v) is 15.5. The minimum Gasteiger partial charge on any atom is -0.307 e. The molecule has 0 spiro atoms. The zero-order valence-electron chi connectivity index (χ0n) is 12.6. The Kier molecular flexibility index (Phi) is 5.00. The molecule has 1 aromatic carbocycles. The van der Waals surface area contributed by atoms with Crippen LogP contribution in [0.1, 0.15) is 5.56 Å². The first-order valence-electron chi connectivity index (χ1n) is 7.03. The second kappa shape index (κ2) is 7.18. The lowest BCUT2D eigenvalue weighted by Gasteiger charge is -2.08. The van der Waals surface area contributed by atoms with Crippen molar-refractivity contribution in [2.24, 2.45) is 0 Å². The third-order valence-electron chi connectivity index (χ3n) is 3.29. The van der Waals surface area contributed by atoms with Gasteiger partial charge in [-0.25, -0.2) is 9.78 Å². The average molecular weight is 454 g/mol. The van der Waals surface area contributed by atoms with Crippen molar-refractivity contribution in [3.05, 3.63) is 56.9 Å². The molecule has 122 valence electrons. The van der Waals surface area contributed by atoms with Gasteiger partial charge < -0.3 is 5.32 Å². The van der Waals surface area contributed by atoms with E-state index in [0.29, 0.717) is 16.7 Å². The smallest absolute Gasteiger partial charge is 0.307 e. The summed E-state index contributed by atoms with van der Waals surface area (Å²) in [6, 6.07) is 11.0. The second-order valence-electron chi connectivity index (χ2n) is 5.07. The van der Waals surface area contributed by atoms with Crippen molar-refractivity contribution in [3.63, 3.8) is 0 Å². The summed E-state index contributed by atoms with van der Waals surface area (Å²) < 4.78 is 1.15. The zero-order chi connectivity index (χ0) is 17.1. The molecule has 0 unspecified atom stereocenters. The van der Waals surface area contributed by atoms with Crippen LogP contribution in [-0.4, -0.2) is 21.2 Å². The number of urea groups is 1. The highest BCUT2D eigenvalue weighted by Crippen LogP contribution is 2.21. The van der Waals surface area contributed by atoms with E-state index in [0.717, 1.165) is 20.4 Å². The Morgan fingerprint density at radius 2 is 1.96 bits per heavy atom. The fourth-order valence-electron chi connectivity index (χ4n) is 2.07. The molecule has 0 aliphatic heterocycles. The molecule has 2 aromatic heterocycles. The van der Waals surface area contributed by atoms with Crippen molar-refractivity contribution >= 4 is 51.7 Å². The molecular weight excluding hydrogens is 441 g/mol. The van der Waals surface area contributed by atoms with Crippen LogP contribution in [-0.2, 0) is 0 Å². The summed E-state index contributed by atoms with van der Waals surface area (Å²) in [5.74, 6) is 0.429. The SMILES string of the molecule is Cc1cnc(Cl)cc1NC(=O)Nc1cc(-c2ccc(I)cc2)[nH]n1. The van der Waals surface area contributed by atoms with Gasteiger partial charge in [-0.05, 0) is 58.8 Å². The number of rotatable bonds is 3. The van der Waals surface area contributed by atoms with Crippen LogP contribution in [0.25, 0.3) is 11.3 Å². The van der Waals surface area contributed by atoms with Gasteiger partial charge in [0.1, 0.15) is 5.15 Å². The summed E-state index contributed by atoms with van der Waals surface area (Å²) in [4.78, 5) is 16.0. The molecular formula is C16H13ClIN5O. The van der Waals surface area contributed by atoms with Crippen molar-refractivity contribution in [3.8, 4) is 11.3 Å². The van der Waals surface area contributed by atoms with Crippen LogP contribution in [0.4, 0.5) is 16.3 Å². The van der Waals surface area contributed by atoms with Crippen molar-refractivity contribution in [1.82, 2.24) is 15.2 Å². The molecule has 3 rings (SSSR count). The number of H-pyrrole nitrogens is 1. The maximum Gasteiger partial charge on any atom is 0.324 e. The van der Waals surface area contributed by atoms with Gasteiger partial charge in [0, 0.05) is 21.5 Å². The number of carbonyl (C=O) groups excluding carboxylic acids is 1. The number of halogens is 2. The molecule has 2 heterocycles. The number of amides is 2. The highest BCUT2D eigenvalue weighted by molar-refractivity contribution is 14.1. The normalized spacial score (nSPS) is 10.5.